The highest BCUT2D eigenvalue weighted by atomic mass is 32.2. The molecule has 1 aromatic rings. The van der Waals surface area contributed by atoms with Crippen molar-refractivity contribution in [2.75, 3.05) is 20.1 Å². The zero-order valence-corrected chi connectivity index (χ0v) is 14.6. The van der Waals surface area contributed by atoms with Gasteiger partial charge in [-0.1, -0.05) is 6.07 Å². The number of nitrogens with zero attached hydrogens (tertiary/aromatic N) is 3. The maximum absolute atomic E-state index is 14.0. The highest BCUT2D eigenvalue weighted by Gasteiger charge is 2.41. The van der Waals surface area contributed by atoms with Crippen LogP contribution >= 0.6 is 0 Å². The van der Waals surface area contributed by atoms with E-state index in [0.717, 1.165) is 38.8 Å². The summed E-state index contributed by atoms with van der Waals surface area (Å²) in [5.74, 6) is -0.357. The SMILES string of the molecule is CN(C1CCN(Cc2ccc(C#N)cc2F)CC1)S(=O)(=O)C1CC1. The molecule has 0 N–H and O–H groups in total. The molecule has 1 aromatic carbocycles. The van der Waals surface area contributed by atoms with Crippen molar-refractivity contribution >= 4 is 10.0 Å². The first-order valence-corrected chi connectivity index (χ1v) is 9.80. The third-order valence-corrected chi connectivity index (χ3v) is 7.41. The van der Waals surface area contributed by atoms with E-state index >= 15 is 0 Å². The predicted molar refractivity (Wildman–Crippen MR) is 89.1 cm³/mol. The first-order chi connectivity index (χ1) is 11.4. The van der Waals surface area contributed by atoms with E-state index in [9.17, 15) is 12.8 Å². The lowest BCUT2D eigenvalue weighted by molar-refractivity contribution is 0.162. The van der Waals surface area contributed by atoms with Crippen molar-refractivity contribution in [1.82, 2.24) is 9.21 Å². The second-order valence-corrected chi connectivity index (χ2v) is 8.96. The Labute approximate surface area is 142 Å². The molecule has 0 spiro atoms. The summed E-state index contributed by atoms with van der Waals surface area (Å²) in [6, 6.07) is 6.51. The Hall–Kier alpha value is -1.49. The summed E-state index contributed by atoms with van der Waals surface area (Å²) in [6.07, 6.45) is 3.09. The molecule has 0 atom stereocenters. The van der Waals surface area contributed by atoms with Crippen LogP contribution in [0.25, 0.3) is 0 Å². The fraction of sp³-hybridized carbons (Fsp3) is 0.588. The Morgan fingerprint density at radius 3 is 2.50 bits per heavy atom. The van der Waals surface area contributed by atoms with E-state index in [1.807, 2.05) is 6.07 Å². The van der Waals surface area contributed by atoms with Crippen molar-refractivity contribution in [3.05, 3.63) is 35.1 Å². The van der Waals surface area contributed by atoms with Gasteiger partial charge in [0.15, 0.2) is 0 Å². The highest BCUT2D eigenvalue weighted by Crippen LogP contribution is 2.32. The Kier molecular flexibility index (Phi) is 4.90. The third-order valence-electron chi connectivity index (χ3n) is 4.99. The standard InChI is InChI=1S/C17H22FN3O2S/c1-20(24(22,23)16-4-5-16)15-6-8-21(9-7-15)12-14-3-2-13(11-19)10-17(14)18/h2-3,10,15-16H,4-9,12H2,1H3. The van der Waals surface area contributed by atoms with Crippen LogP contribution in [0.2, 0.25) is 0 Å². The predicted octanol–water partition coefficient (Wildman–Crippen LogP) is 2.09. The van der Waals surface area contributed by atoms with Gasteiger partial charge >= 0.3 is 0 Å². The Morgan fingerprint density at radius 1 is 1.29 bits per heavy atom. The van der Waals surface area contributed by atoms with Crippen molar-refractivity contribution in [1.29, 1.82) is 5.26 Å². The molecule has 1 saturated carbocycles. The van der Waals surface area contributed by atoms with Gasteiger partial charge in [0.05, 0.1) is 16.9 Å². The summed E-state index contributed by atoms with van der Waals surface area (Å²) >= 11 is 0. The van der Waals surface area contributed by atoms with E-state index in [4.69, 9.17) is 5.26 Å². The Balaban J connectivity index is 1.56. The summed E-state index contributed by atoms with van der Waals surface area (Å²) < 4.78 is 40.2. The van der Waals surface area contributed by atoms with Crippen molar-refractivity contribution < 1.29 is 12.8 Å². The molecule has 7 heteroatoms. The smallest absolute Gasteiger partial charge is 0.216 e. The molecule has 1 aliphatic heterocycles. The molecule has 0 unspecified atom stereocenters. The quantitative estimate of drug-likeness (QED) is 0.815. The van der Waals surface area contributed by atoms with E-state index in [1.165, 1.54) is 6.07 Å². The zero-order valence-electron chi connectivity index (χ0n) is 13.8. The second-order valence-electron chi connectivity index (χ2n) is 6.69. The van der Waals surface area contributed by atoms with Gasteiger partial charge in [0, 0.05) is 38.3 Å². The van der Waals surface area contributed by atoms with Crippen LogP contribution in [0.4, 0.5) is 4.39 Å². The fourth-order valence-corrected chi connectivity index (χ4v) is 5.06. The zero-order chi connectivity index (χ0) is 17.3. The third kappa shape index (κ3) is 3.61. The molecular weight excluding hydrogens is 329 g/mol. The molecule has 0 bridgehead atoms. The van der Waals surface area contributed by atoms with Crippen LogP contribution in [0.5, 0.6) is 0 Å². The molecule has 1 heterocycles. The molecule has 1 aliphatic carbocycles. The van der Waals surface area contributed by atoms with Gasteiger partial charge in [-0.25, -0.2) is 17.1 Å². The number of likely N-dealkylation sites (tertiary alicyclic amines) is 1. The van der Waals surface area contributed by atoms with Gasteiger partial charge in [0.2, 0.25) is 10.0 Å². The molecule has 0 aromatic heterocycles. The number of hydrogen-bond acceptors (Lipinski definition) is 4. The van der Waals surface area contributed by atoms with E-state index in [1.54, 1.807) is 23.5 Å². The van der Waals surface area contributed by atoms with E-state index in [0.29, 0.717) is 17.7 Å². The van der Waals surface area contributed by atoms with Crippen molar-refractivity contribution in [2.45, 2.75) is 43.5 Å². The lowest BCUT2D eigenvalue weighted by atomic mass is 10.0. The number of rotatable bonds is 5. The molecule has 0 amide bonds. The van der Waals surface area contributed by atoms with Gasteiger partial charge in [-0.3, -0.25) is 4.90 Å². The van der Waals surface area contributed by atoms with Crippen LogP contribution < -0.4 is 0 Å². The monoisotopic (exact) mass is 351 g/mol. The van der Waals surface area contributed by atoms with E-state index < -0.39 is 10.0 Å². The van der Waals surface area contributed by atoms with Gasteiger partial charge in [-0.15, -0.1) is 0 Å². The maximum Gasteiger partial charge on any atom is 0.216 e. The fourth-order valence-electron chi connectivity index (χ4n) is 3.24. The molecule has 0 radical (unpaired) electrons. The minimum Gasteiger partial charge on any atom is -0.299 e. The lowest BCUT2D eigenvalue weighted by Crippen LogP contribution is -2.46. The van der Waals surface area contributed by atoms with Gasteiger partial charge in [-0.05, 0) is 37.8 Å². The average Bonchev–Trinajstić information content (AvgIpc) is 3.42. The summed E-state index contributed by atoms with van der Waals surface area (Å²) in [5.41, 5.74) is 0.897. The van der Waals surface area contributed by atoms with Crippen LogP contribution in [0, 0.1) is 17.1 Å². The molecule has 1 saturated heterocycles. The van der Waals surface area contributed by atoms with Gasteiger partial charge in [0.1, 0.15) is 5.82 Å². The normalized spacial score (nSPS) is 20.2. The number of sulfonamides is 1. The van der Waals surface area contributed by atoms with Crippen LogP contribution in [0.3, 0.4) is 0 Å². The van der Waals surface area contributed by atoms with Crippen molar-refractivity contribution in [3.8, 4) is 6.07 Å². The van der Waals surface area contributed by atoms with Gasteiger partial charge < -0.3 is 0 Å². The molecule has 3 rings (SSSR count). The lowest BCUT2D eigenvalue weighted by Gasteiger charge is -2.36. The summed E-state index contributed by atoms with van der Waals surface area (Å²) in [4.78, 5) is 2.14. The number of hydrogen-bond donors (Lipinski definition) is 0. The molecule has 24 heavy (non-hydrogen) atoms. The van der Waals surface area contributed by atoms with Crippen LogP contribution in [-0.4, -0.2) is 49.1 Å². The molecule has 2 fully saturated rings. The molecular formula is C17H22FN3O2S. The minimum absolute atomic E-state index is 0.0395. The highest BCUT2D eigenvalue weighted by molar-refractivity contribution is 7.90. The number of halogens is 1. The molecule has 2 aliphatic rings. The first kappa shape index (κ1) is 17.3. The molecule has 130 valence electrons. The summed E-state index contributed by atoms with van der Waals surface area (Å²) in [7, 11) is -1.44. The van der Waals surface area contributed by atoms with Crippen LogP contribution in [0.1, 0.15) is 36.8 Å². The largest absolute Gasteiger partial charge is 0.299 e. The van der Waals surface area contributed by atoms with Crippen molar-refractivity contribution in [2.24, 2.45) is 0 Å². The van der Waals surface area contributed by atoms with Gasteiger partial charge in [0.25, 0.3) is 0 Å². The average molecular weight is 351 g/mol. The second kappa shape index (κ2) is 6.79. The van der Waals surface area contributed by atoms with Crippen molar-refractivity contribution in [3.63, 3.8) is 0 Å². The Bertz CT molecular complexity index is 748. The van der Waals surface area contributed by atoms with Crippen LogP contribution in [0.15, 0.2) is 18.2 Å². The van der Waals surface area contributed by atoms with Crippen LogP contribution in [-0.2, 0) is 16.6 Å². The summed E-state index contributed by atoms with van der Waals surface area (Å²) in [5, 5.41) is 8.61. The number of benzene rings is 1. The van der Waals surface area contributed by atoms with E-state index in [-0.39, 0.29) is 17.1 Å². The Morgan fingerprint density at radius 2 is 1.96 bits per heavy atom. The van der Waals surface area contributed by atoms with E-state index in [2.05, 4.69) is 4.90 Å². The number of nitriles is 1. The topological polar surface area (TPSA) is 64.4 Å². The molecule has 5 nitrogen and oxygen atoms in total. The minimum atomic E-state index is -3.13. The maximum atomic E-state index is 14.0. The first-order valence-electron chi connectivity index (χ1n) is 8.29. The summed E-state index contributed by atoms with van der Waals surface area (Å²) in [6.45, 7) is 1.98. The van der Waals surface area contributed by atoms with Gasteiger partial charge in [-0.2, -0.15) is 5.26 Å². The number of piperidine rings is 1.